The number of quaternary nitrogens is 1. The minimum absolute atomic E-state index is 0.0288. The standard InChI is InChI=1S/C7H13NO6S/c1-4-7(9)13-6-5-8(2,3)14-15(10,11)12/h4H,1,5-6H2,2-3H3. The Morgan fingerprint density at radius 1 is 1.53 bits per heavy atom. The Morgan fingerprint density at radius 3 is 2.47 bits per heavy atom. The molecule has 0 saturated heterocycles. The van der Waals surface area contributed by atoms with Crippen LogP contribution < -0.4 is 0 Å². The first-order chi connectivity index (χ1) is 6.66. The van der Waals surface area contributed by atoms with E-state index < -0.39 is 21.0 Å². The van der Waals surface area contributed by atoms with Gasteiger partial charge in [0.15, 0.2) is 0 Å². The predicted molar refractivity (Wildman–Crippen MR) is 48.9 cm³/mol. The van der Waals surface area contributed by atoms with Crippen LogP contribution in [0.3, 0.4) is 0 Å². The van der Waals surface area contributed by atoms with Crippen LogP contribution in [-0.2, 0) is 24.2 Å². The third-order valence-electron chi connectivity index (χ3n) is 1.33. The van der Waals surface area contributed by atoms with Gasteiger partial charge < -0.3 is 9.29 Å². The highest BCUT2D eigenvalue weighted by Gasteiger charge is 2.21. The molecule has 0 heterocycles. The van der Waals surface area contributed by atoms with Crippen LogP contribution in [0.1, 0.15) is 0 Å². The van der Waals surface area contributed by atoms with Crippen molar-refractivity contribution in [2.75, 3.05) is 27.2 Å². The number of hydrogen-bond acceptors (Lipinski definition) is 6. The molecule has 0 fully saturated rings. The van der Waals surface area contributed by atoms with Gasteiger partial charge in [-0.1, -0.05) is 10.9 Å². The summed E-state index contributed by atoms with van der Waals surface area (Å²) in [4.78, 5) is 10.6. The third-order valence-corrected chi connectivity index (χ3v) is 1.92. The van der Waals surface area contributed by atoms with Gasteiger partial charge in [-0.2, -0.15) is 4.65 Å². The molecule has 0 amide bonds. The van der Waals surface area contributed by atoms with Crippen molar-refractivity contribution >= 4 is 16.4 Å². The molecule has 0 bridgehead atoms. The van der Waals surface area contributed by atoms with Crippen LogP contribution in [0.15, 0.2) is 12.7 Å². The topological polar surface area (TPSA) is 92.7 Å². The van der Waals surface area contributed by atoms with E-state index in [0.29, 0.717) is 0 Å². The number of nitrogens with zero attached hydrogens (tertiary/aromatic N) is 1. The van der Waals surface area contributed by atoms with Crippen LogP contribution in [0.2, 0.25) is 0 Å². The molecular weight excluding hydrogens is 226 g/mol. The smallest absolute Gasteiger partial charge is 0.330 e. The maximum atomic E-state index is 10.6. The van der Waals surface area contributed by atoms with Gasteiger partial charge in [-0.05, 0) is 0 Å². The molecule has 8 heteroatoms. The molecule has 0 rings (SSSR count). The largest absolute Gasteiger partial charge is 0.722 e. The minimum atomic E-state index is -4.78. The van der Waals surface area contributed by atoms with Crippen molar-refractivity contribution in [3.05, 3.63) is 12.7 Å². The zero-order chi connectivity index (χ0) is 12.1. The van der Waals surface area contributed by atoms with Crippen LogP contribution in [-0.4, -0.2) is 50.8 Å². The Balaban J connectivity index is 4.05. The monoisotopic (exact) mass is 239 g/mol. The fourth-order valence-corrected chi connectivity index (χ4v) is 1.28. The third kappa shape index (κ3) is 8.06. The number of hydrogen-bond donors (Lipinski definition) is 0. The summed E-state index contributed by atoms with van der Waals surface area (Å²) < 4.78 is 39.1. The lowest BCUT2D eigenvalue weighted by atomic mass is 10.6. The molecule has 0 radical (unpaired) electrons. The molecule has 0 aromatic carbocycles. The second kappa shape index (κ2) is 5.21. The molecule has 0 atom stereocenters. The molecule has 0 aromatic heterocycles. The van der Waals surface area contributed by atoms with Crippen molar-refractivity contribution in [3.8, 4) is 0 Å². The molecule has 0 aromatic rings. The molecule has 0 saturated carbocycles. The lowest BCUT2D eigenvalue weighted by Crippen LogP contribution is -2.44. The minimum Gasteiger partial charge on any atom is -0.722 e. The molecular formula is C7H13NO6S. The summed E-state index contributed by atoms with van der Waals surface area (Å²) in [6, 6.07) is 0. The van der Waals surface area contributed by atoms with Gasteiger partial charge >= 0.3 is 5.97 Å². The second-order valence-corrected chi connectivity index (χ2v) is 4.12. The highest BCUT2D eigenvalue weighted by Crippen LogP contribution is 2.02. The SMILES string of the molecule is C=CC(=O)OCC[N+](C)(C)OS(=O)(=O)[O-]. The number of ether oxygens (including phenoxy) is 1. The molecule has 0 unspecified atom stereocenters. The van der Waals surface area contributed by atoms with Crippen molar-refractivity contribution < 1.29 is 31.4 Å². The molecule has 7 nitrogen and oxygen atoms in total. The molecule has 88 valence electrons. The van der Waals surface area contributed by atoms with E-state index in [1.54, 1.807) is 0 Å². The van der Waals surface area contributed by atoms with Crippen LogP contribution in [0.5, 0.6) is 0 Å². The summed E-state index contributed by atoms with van der Waals surface area (Å²) in [5, 5.41) is 0. The fourth-order valence-electron chi connectivity index (χ4n) is 0.709. The maximum absolute atomic E-state index is 10.6. The number of rotatable bonds is 6. The highest BCUT2D eigenvalue weighted by molar-refractivity contribution is 7.80. The summed E-state index contributed by atoms with van der Waals surface area (Å²) >= 11 is 0. The number of esters is 1. The van der Waals surface area contributed by atoms with Gasteiger partial charge in [0, 0.05) is 6.08 Å². The van der Waals surface area contributed by atoms with Crippen molar-refractivity contribution in [3.63, 3.8) is 0 Å². The zero-order valence-corrected chi connectivity index (χ0v) is 9.32. The van der Waals surface area contributed by atoms with E-state index in [0.717, 1.165) is 6.08 Å². The maximum Gasteiger partial charge on any atom is 0.330 e. The van der Waals surface area contributed by atoms with Gasteiger partial charge in [-0.15, -0.1) is 0 Å². The Bertz CT molecular complexity index is 333. The van der Waals surface area contributed by atoms with E-state index in [1.807, 2.05) is 0 Å². The van der Waals surface area contributed by atoms with Gasteiger partial charge in [0.05, 0.1) is 14.1 Å². The molecule has 0 aliphatic rings. The number of likely N-dealkylation sites (N-methyl/N-ethyl adjacent to an activating group) is 1. The first-order valence-electron chi connectivity index (χ1n) is 3.95. The summed E-state index contributed by atoms with van der Waals surface area (Å²) in [7, 11) is -2.09. The molecule has 0 aliphatic carbocycles. The van der Waals surface area contributed by atoms with E-state index in [4.69, 9.17) is 0 Å². The van der Waals surface area contributed by atoms with Crippen molar-refractivity contribution in [1.29, 1.82) is 0 Å². The quantitative estimate of drug-likeness (QED) is 0.150. The van der Waals surface area contributed by atoms with Crippen LogP contribution in [0, 0.1) is 0 Å². The van der Waals surface area contributed by atoms with Crippen LogP contribution in [0.4, 0.5) is 0 Å². The van der Waals surface area contributed by atoms with Gasteiger partial charge in [0.25, 0.3) is 10.4 Å². The summed E-state index contributed by atoms with van der Waals surface area (Å²) in [5.41, 5.74) is 0. The van der Waals surface area contributed by atoms with E-state index in [9.17, 15) is 17.8 Å². The summed E-state index contributed by atoms with van der Waals surface area (Å²) in [6.45, 7) is 3.13. The van der Waals surface area contributed by atoms with Crippen molar-refractivity contribution in [1.82, 2.24) is 0 Å². The summed E-state index contributed by atoms with van der Waals surface area (Å²) in [6.07, 6.45) is 0.977. The van der Waals surface area contributed by atoms with Gasteiger partial charge in [-0.3, -0.25) is 0 Å². The van der Waals surface area contributed by atoms with Gasteiger partial charge in [0.2, 0.25) is 0 Å². The van der Waals surface area contributed by atoms with E-state index in [-0.39, 0.29) is 13.2 Å². The van der Waals surface area contributed by atoms with Crippen molar-refractivity contribution in [2.45, 2.75) is 0 Å². The first kappa shape index (κ1) is 14.0. The van der Waals surface area contributed by atoms with E-state index in [2.05, 4.69) is 15.6 Å². The van der Waals surface area contributed by atoms with Gasteiger partial charge in [-0.25, -0.2) is 13.2 Å². The number of carbonyl (C=O) groups excluding carboxylic acids is 1. The molecule has 15 heavy (non-hydrogen) atoms. The second-order valence-electron chi connectivity index (χ2n) is 3.15. The molecule has 0 N–H and O–H groups in total. The number of hydroxylamine groups is 3. The lowest BCUT2D eigenvalue weighted by Gasteiger charge is -2.26. The zero-order valence-electron chi connectivity index (χ0n) is 8.50. The predicted octanol–water partition coefficient (Wildman–Crippen LogP) is -0.816. The average molecular weight is 239 g/mol. The van der Waals surface area contributed by atoms with E-state index >= 15 is 0 Å². The Kier molecular flexibility index (Phi) is 4.88. The Labute approximate surface area is 88.4 Å². The normalized spacial score (nSPS) is 12.2. The first-order valence-corrected chi connectivity index (χ1v) is 5.29. The van der Waals surface area contributed by atoms with Crippen molar-refractivity contribution in [2.24, 2.45) is 0 Å². The highest BCUT2D eigenvalue weighted by atomic mass is 32.3. The average Bonchev–Trinajstić information content (AvgIpc) is 1.98. The lowest BCUT2D eigenvalue weighted by molar-refractivity contribution is -1.05. The van der Waals surface area contributed by atoms with Gasteiger partial charge in [0.1, 0.15) is 13.2 Å². The summed E-state index contributed by atoms with van der Waals surface area (Å²) in [5.74, 6) is -0.625. The number of carbonyl (C=O) groups is 1. The van der Waals surface area contributed by atoms with E-state index in [1.165, 1.54) is 14.1 Å². The van der Waals surface area contributed by atoms with Crippen LogP contribution >= 0.6 is 0 Å². The fraction of sp³-hybridized carbons (Fsp3) is 0.571. The molecule has 0 aliphatic heterocycles. The van der Waals surface area contributed by atoms with Crippen LogP contribution in [0.25, 0.3) is 0 Å². The molecule has 0 spiro atoms. The Morgan fingerprint density at radius 2 is 2.07 bits per heavy atom. The Hall–Kier alpha value is -0.960.